The van der Waals surface area contributed by atoms with Gasteiger partial charge in [0.05, 0.1) is 18.1 Å². The normalized spacial score (nSPS) is 14.9. The first-order valence-corrected chi connectivity index (χ1v) is 12.1. The van der Waals surface area contributed by atoms with Crippen molar-refractivity contribution in [1.82, 2.24) is 5.32 Å². The van der Waals surface area contributed by atoms with E-state index >= 15 is 0 Å². The molecule has 5 rings (SSSR count). The van der Waals surface area contributed by atoms with Crippen molar-refractivity contribution < 1.29 is 18.7 Å². The third kappa shape index (κ3) is 4.40. The molecule has 0 atom stereocenters. The molecule has 4 aromatic rings. The van der Waals surface area contributed by atoms with Crippen LogP contribution in [0.3, 0.4) is 0 Å². The first-order chi connectivity index (χ1) is 17.5. The summed E-state index contributed by atoms with van der Waals surface area (Å²) in [5, 5.41) is 3.53. The number of benzene rings is 3. The molecule has 6 heteroatoms. The minimum atomic E-state index is -0.272. The molecule has 0 spiro atoms. The predicted octanol–water partition coefficient (Wildman–Crippen LogP) is 5.26. The lowest BCUT2D eigenvalue weighted by atomic mass is 9.74. The van der Waals surface area contributed by atoms with E-state index in [0.717, 1.165) is 29.7 Å². The molecule has 0 saturated carbocycles. The fourth-order valence-corrected chi connectivity index (χ4v) is 4.97. The van der Waals surface area contributed by atoms with Gasteiger partial charge in [-0.05, 0) is 49.6 Å². The van der Waals surface area contributed by atoms with E-state index in [0.29, 0.717) is 47.6 Å². The molecule has 1 aliphatic rings. The highest BCUT2D eigenvalue weighted by molar-refractivity contribution is 6.05. The summed E-state index contributed by atoms with van der Waals surface area (Å²) in [6.45, 7) is 3.46. The van der Waals surface area contributed by atoms with Gasteiger partial charge in [0.1, 0.15) is 11.5 Å². The highest BCUT2D eigenvalue weighted by Crippen LogP contribution is 2.35. The van der Waals surface area contributed by atoms with Gasteiger partial charge in [-0.15, -0.1) is 0 Å². The van der Waals surface area contributed by atoms with Crippen molar-refractivity contribution in [3.8, 4) is 17.1 Å². The van der Waals surface area contributed by atoms with Crippen molar-refractivity contribution in [2.24, 2.45) is 0 Å². The number of ether oxygens (including phenoxy) is 2. The van der Waals surface area contributed by atoms with Crippen LogP contribution >= 0.6 is 0 Å². The van der Waals surface area contributed by atoms with E-state index in [-0.39, 0.29) is 16.8 Å². The van der Waals surface area contributed by atoms with Crippen LogP contribution in [0.1, 0.15) is 34.3 Å². The van der Waals surface area contributed by atoms with E-state index in [9.17, 15) is 9.59 Å². The van der Waals surface area contributed by atoms with Gasteiger partial charge in [0.2, 0.25) is 0 Å². The molecule has 1 amide bonds. The van der Waals surface area contributed by atoms with Crippen LogP contribution < -0.4 is 15.5 Å². The zero-order valence-corrected chi connectivity index (χ0v) is 20.5. The molecule has 6 nitrogen and oxygen atoms in total. The van der Waals surface area contributed by atoms with E-state index in [1.165, 1.54) is 0 Å². The highest BCUT2D eigenvalue weighted by atomic mass is 16.5. The lowest BCUT2D eigenvalue weighted by Crippen LogP contribution is -2.44. The van der Waals surface area contributed by atoms with Gasteiger partial charge in [-0.25, -0.2) is 0 Å². The van der Waals surface area contributed by atoms with Crippen molar-refractivity contribution in [3.63, 3.8) is 0 Å². The molecule has 0 aliphatic carbocycles. The number of hydrogen-bond acceptors (Lipinski definition) is 5. The maximum Gasteiger partial charge on any atom is 0.255 e. The number of nitrogens with one attached hydrogen (secondary N) is 1. The van der Waals surface area contributed by atoms with E-state index in [1.54, 1.807) is 32.2 Å². The Morgan fingerprint density at radius 1 is 0.972 bits per heavy atom. The Hall–Kier alpha value is -3.90. The van der Waals surface area contributed by atoms with Crippen molar-refractivity contribution in [2.75, 3.05) is 26.9 Å². The number of para-hydroxylation sites is 1. The van der Waals surface area contributed by atoms with Gasteiger partial charge in [-0.1, -0.05) is 48.5 Å². The monoisotopic (exact) mass is 483 g/mol. The minimum absolute atomic E-state index is 0.135. The first-order valence-electron chi connectivity index (χ1n) is 12.1. The summed E-state index contributed by atoms with van der Waals surface area (Å²) in [6, 6.07) is 22.6. The summed E-state index contributed by atoms with van der Waals surface area (Å²) in [4.78, 5) is 26.7. The topological polar surface area (TPSA) is 77.8 Å². The Balaban J connectivity index is 1.49. The van der Waals surface area contributed by atoms with Crippen LogP contribution in [-0.4, -0.2) is 32.8 Å². The molecule has 36 heavy (non-hydrogen) atoms. The molecular formula is C30H29NO5. The molecule has 1 N–H and O–H groups in total. The smallest absolute Gasteiger partial charge is 0.255 e. The average molecular weight is 484 g/mol. The minimum Gasteiger partial charge on any atom is -0.497 e. The van der Waals surface area contributed by atoms with E-state index in [2.05, 4.69) is 17.4 Å². The lowest BCUT2D eigenvalue weighted by molar-refractivity contribution is 0.0487. The van der Waals surface area contributed by atoms with Crippen molar-refractivity contribution >= 4 is 16.9 Å². The second-order valence-electron chi connectivity index (χ2n) is 9.24. The van der Waals surface area contributed by atoms with Gasteiger partial charge >= 0.3 is 0 Å². The molecule has 1 saturated heterocycles. The molecule has 1 aliphatic heterocycles. The van der Waals surface area contributed by atoms with E-state index < -0.39 is 0 Å². The van der Waals surface area contributed by atoms with Crippen LogP contribution in [0, 0.1) is 6.92 Å². The van der Waals surface area contributed by atoms with Gasteiger partial charge in [-0.3, -0.25) is 9.59 Å². The fourth-order valence-electron chi connectivity index (χ4n) is 4.97. The van der Waals surface area contributed by atoms with Gasteiger partial charge in [-0.2, -0.15) is 0 Å². The van der Waals surface area contributed by atoms with Crippen molar-refractivity contribution in [3.05, 3.63) is 99.7 Å². The quantitative estimate of drug-likeness (QED) is 0.405. The number of methoxy groups -OCH3 is 1. The standard InChI is InChI=1S/C30H29NO5/c1-20-26(32)24-9-6-10-25(28(24)36-27(20)21-7-4-3-5-8-21)29(33)31-19-30(15-17-35-18-16-30)22-11-13-23(34-2)14-12-22/h3-14H,15-19H2,1-2H3,(H,31,33). The van der Waals surface area contributed by atoms with Crippen LogP contribution in [0.15, 0.2) is 82.0 Å². The van der Waals surface area contributed by atoms with E-state index in [4.69, 9.17) is 13.9 Å². The second-order valence-corrected chi connectivity index (χ2v) is 9.24. The number of carbonyl (C=O) groups is 1. The number of hydrogen-bond donors (Lipinski definition) is 1. The van der Waals surface area contributed by atoms with Gasteiger partial charge in [0, 0.05) is 36.3 Å². The van der Waals surface area contributed by atoms with Gasteiger partial charge in [0.15, 0.2) is 11.0 Å². The SMILES string of the molecule is COc1ccc(C2(CNC(=O)c3cccc4c(=O)c(C)c(-c5ccccc5)oc34)CCOCC2)cc1. The zero-order valence-electron chi connectivity index (χ0n) is 20.5. The summed E-state index contributed by atoms with van der Waals surface area (Å²) in [6.07, 6.45) is 1.59. The van der Waals surface area contributed by atoms with Crippen LogP contribution in [0.2, 0.25) is 0 Å². The Morgan fingerprint density at radius 2 is 1.69 bits per heavy atom. The van der Waals surface area contributed by atoms with Gasteiger partial charge in [0.25, 0.3) is 5.91 Å². The summed E-state index contributed by atoms with van der Waals surface area (Å²) in [5.41, 5.74) is 2.71. The molecule has 1 fully saturated rings. The number of fused-ring (bicyclic) bond motifs is 1. The third-order valence-corrected chi connectivity index (χ3v) is 7.17. The number of carbonyl (C=O) groups excluding carboxylic acids is 1. The van der Waals surface area contributed by atoms with Crippen LogP contribution in [0.25, 0.3) is 22.3 Å². The summed E-state index contributed by atoms with van der Waals surface area (Å²) in [5.74, 6) is 0.999. The number of rotatable bonds is 6. The molecular weight excluding hydrogens is 454 g/mol. The third-order valence-electron chi connectivity index (χ3n) is 7.17. The maximum atomic E-state index is 13.5. The molecule has 2 heterocycles. The zero-order chi connectivity index (χ0) is 25.1. The summed E-state index contributed by atoms with van der Waals surface area (Å²) < 4.78 is 17.2. The maximum absolute atomic E-state index is 13.5. The summed E-state index contributed by atoms with van der Waals surface area (Å²) in [7, 11) is 1.65. The number of amides is 1. The van der Waals surface area contributed by atoms with E-state index in [1.807, 2.05) is 42.5 Å². The molecule has 1 aromatic heterocycles. The Morgan fingerprint density at radius 3 is 2.39 bits per heavy atom. The largest absolute Gasteiger partial charge is 0.497 e. The van der Waals surface area contributed by atoms with Crippen LogP contribution in [0.5, 0.6) is 5.75 Å². The molecule has 3 aromatic carbocycles. The Kier molecular flexibility index (Phi) is 6.61. The predicted molar refractivity (Wildman–Crippen MR) is 140 cm³/mol. The summed E-state index contributed by atoms with van der Waals surface area (Å²) >= 11 is 0. The highest BCUT2D eigenvalue weighted by Gasteiger charge is 2.35. The van der Waals surface area contributed by atoms with Crippen molar-refractivity contribution in [1.29, 1.82) is 0 Å². The molecule has 0 bridgehead atoms. The molecule has 0 radical (unpaired) electrons. The Labute approximate surface area is 209 Å². The van der Waals surface area contributed by atoms with Crippen molar-refractivity contribution in [2.45, 2.75) is 25.2 Å². The molecule has 184 valence electrons. The molecule has 0 unspecified atom stereocenters. The van der Waals surface area contributed by atoms with Crippen LogP contribution in [-0.2, 0) is 10.2 Å². The first kappa shape index (κ1) is 23.8. The van der Waals surface area contributed by atoms with Gasteiger partial charge < -0.3 is 19.2 Å². The van der Waals surface area contributed by atoms with Crippen LogP contribution in [0.4, 0.5) is 0 Å². The Bertz CT molecular complexity index is 1430. The fraction of sp³-hybridized carbons (Fsp3) is 0.267. The average Bonchev–Trinajstić information content (AvgIpc) is 2.94. The lowest BCUT2D eigenvalue weighted by Gasteiger charge is -2.38. The second kappa shape index (κ2) is 9.99.